The van der Waals surface area contributed by atoms with Crippen molar-refractivity contribution in [3.05, 3.63) is 18.5 Å². The van der Waals surface area contributed by atoms with Crippen LogP contribution in [0, 0.1) is 0 Å². The summed E-state index contributed by atoms with van der Waals surface area (Å²) in [6.07, 6.45) is 5.29. The zero-order valence-corrected chi connectivity index (χ0v) is 10.5. The molecule has 1 aromatic rings. The van der Waals surface area contributed by atoms with Crippen molar-refractivity contribution in [2.75, 3.05) is 6.54 Å². The molecule has 1 rings (SSSR count). The summed E-state index contributed by atoms with van der Waals surface area (Å²) in [7, 11) is 0. The first-order valence-electron chi connectivity index (χ1n) is 6.03. The van der Waals surface area contributed by atoms with Gasteiger partial charge in [0.15, 0.2) is 0 Å². The van der Waals surface area contributed by atoms with Crippen LogP contribution in [-0.4, -0.2) is 33.1 Å². The first-order valence-corrected chi connectivity index (χ1v) is 6.03. The predicted octanol–water partition coefficient (Wildman–Crippen LogP) is 1.41. The Morgan fingerprint density at radius 1 is 1.44 bits per heavy atom. The molecule has 0 fully saturated rings. The van der Waals surface area contributed by atoms with Gasteiger partial charge in [0.2, 0.25) is 0 Å². The molecular weight excluding hydrogens is 202 g/mol. The van der Waals surface area contributed by atoms with E-state index in [0.717, 1.165) is 19.4 Å². The number of hydrogen-bond donors (Lipinski definition) is 2. The van der Waals surface area contributed by atoms with Crippen molar-refractivity contribution in [3.8, 4) is 0 Å². The average Bonchev–Trinajstić information content (AvgIpc) is 2.79. The van der Waals surface area contributed by atoms with E-state index in [-0.39, 0.29) is 0 Å². The van der Waals surface area contributed by atoms with Crippen molar-refractivity contribution in [1.82, 2.24) is 15.1 Å². The maximum Gasteiger partial charge on any atom is 0.0766 e. The van der Waals surface area contributed by atoms with Crippen LogP contribution in [0.1, 0.15) is 33.6 Å². The topological polar surface area (TPSA) is 50.1 Å². The molecule has 0 aliphatic carbocycles. The SMILES string of the molecule is CCC(O)(CC)CNC(C)Cn1cccn1. The van der Waals surface area contributed by atoms with Gasteiger partial charge in [-0.3, -0.25) is 4.68 Å². The molecule has 1 unspecified atom stereocenters. The van der Waals surface area contributed by atoms with E-state index in [1.807, 2.05) is 30.8 Å². The summed E-state index contributed by atoms with van der Waals surface area (Å²) in [5.41, 5.74) is -0.571. The summed E-state index contributed by atoms with van der Waals surface area (Å²) in [4.78, 5) is 0. The van der Waals surface area contributed by atoms with Gasteiger partial charge in [-0.1, -0.05) is 13.8 Å². The van der Waals surface area contributed by atoms with Gasteiger partial charge in [0.05, 0.1) is 12.1 Å². The van der Waals surface area contributed by atoms with E-state index in [1.165, 1.54) is 0 Å². The highest BCUT2D eigenvalue weighted by atomic mass is 16.3. The molecule has 0 radical (unpaired) electrons. The fourth-order valence-corrected chi connectivity index (χ4v) is 1.62. The number of hydrogen-bond acceptors (Lipinski definition) is 3. The summed E-state index contributed by atoms with van der Waals surface area (Å²) in [5, 5.41) is 17.6. The third-order valence-electron chi connectivity index (χ3n) is 3.12. The van der Waals surface area contributed by atoms with Crippen LogP contribution < -0.4 is 5.32 Å². The molecule has 0 saturated heterocycles. The van der Waals surface area contributed by atoms with E-state index >= 15 is 0 Å². The summed E-state index contributed by atoms with van der Waals surface area (Å²) < 4.78 is 1.90. The van der Waals surface area contributed by atoms with Crippen molar-refractivity contribution in [1.29, 1.82) is 0 Å². The number of nitrogens with zero attached hydrogens (tertiary/aromatic N) is 2. The smallest absolute Gasteiger partial charge is 0.0766 e. The molecule has 4 nitrogen and oxygen atoms in total. The maximum absolute atomic E-state index is 10.1. The molecule has 1 heterocycles. The second-order valence-electron chi connectivity index (χ2n) is 4.44. The zero-order valence-electron chi connectivity index (χ0n) is 10.5. The maximum atomic E-state index is 10.1. The fourth-order valence-electron chi connectivity index (χ4n) is 1.62. The summed E-state index contributed by atoms with van der Waals surface area (Å²) in [6, 6.07) is 2.23. The summed E-state index contributed by atoms with van der Waals surface area (Å²) in [6.45, 7) is 7.61. The Labute approximate surface area is 97.7 Å². The minimum absolute atomic E-state index is 0.310. The van der Waals surface area contributed by atoms with E-state index < -0.39 is 5.60 Å². The van der Waals surface area contributed by atoms with Crippen molar-refractivity contribution < 1.29 is 5.11 Å². The standard InChI is InChI=1S/C12H23N3O/c1-4-12(16,5-2)10-13-11(3)9-15-8-6-7-14-15/h6-8,11,13,16H,4-5,9-10H2,1-3H3. The monoisotopic (exact) mass is 225 g/mol. The van der Waals surface area contributed by atoms with Gasteiger partial charge >= 0.3 is 0 Å². The third-order valence-corrected chi connectivity index (χ3v) is 3.12. The Morgan fingerprint density at radius 3 is 2.62 bits per heavy atom. The van der Waals surface area contributed by atoms with Crippen molar-refractivity contribution >= 4 is 0 Å². The molecule has 92 valence electrons. The third kappa shape index (κ3) is 3.94. The van der Waals surface area contributed by atoms with Crippen molar-refractivity contribution in [2.45, 2.75) is 51.8 Å². The van der Waals surface area contributed by atoms with Crippen LogP contribution in [0.4, 0.5) is 0 Å². The predicted molar refractivity (Wildman–Crippen MR) is 65.2 cm³/mol. The Bertz CT molecular complexity index is 280. The van der Waals surface area contributed by atoms with Gasteiger partial charge in [0.1, 0.15) is 0 Å². The minimum Gasteiger partial charge on any atom is -0.389 e. The van der Waals surface area contributed by atoms with Crippen molar-refractivity contribution in [2.24, 2.45) is 0 Å². The number of aromatic nitrogens is 2. The molecule has 2 N–H and O–H groups in total. The summed E-state index contributed by atoms with van der Waals surface area (Å²) >= 11 is 0. The molecule has 0 aromatic carbocycles. The Balaban J connectivity index is 2.32. The number of nitrogens with one attached hydrogen (secondary N) is 1. The Morgan fingerprint density at radius 2 is 2.12 bits per heavy atom. The highest BCUT2D eigenvalue weighted by molar-refractivity contribution is 4.81. The molecule has 0 aliphatic rings. The molecule has 0 aliphatic heterocycles. The zero-order chi connectivity index (χ0) is 12.0. The van der Waals surface area contributed by atoms with Gasteiger partial charge in [-0.05, 0) is 25.8 Å². The molecular formula is C12H23N3O. The van der Waals surface area contributed by atoms with Crippen LogP contribution in [0.15, 0.2) is 18.5 Å². The van der Waals surface area contributed by atoms with Crippen LogP contribution >= 0.6 is 0 Å². The van der Waals surface area contributed by atoms with Gasteiger partial charge in [-0.25, -0.2) is 0 Å². The molecule has 1 aromatic heterocycles. The highest BCUT2D eigenvalue weighted by Crippen LogP contribution is 2.13. The van der Waals surface area contributed by atoms with Crippen LogP contribution in [0.5, 0.6) is 0 Å². The van der Waals surface area contributed by atoms with Crippen molar-refractivity contribution in [3.63, 3.8) is 0 Å². The Kier molecular flexibility index (Phi) is 4.96. The Hall–Kier alpha value is -0.870. The van der Waals surface area contributed by atoms with Crippen LogP contribution in [0.3, 0.4) is 0 Å². The molecule has 1 atom stereocenters. The van der Waals surface area contributed by atoms with E-state index in [9.17, 15) is 5.11 Å². The van der Waals surface area contributed by atoms with E-state index in [1.54, 1.807) is 6.20 Å². The molecule has 0 bridgehead atoms. The fraction of sp³-hybridized carbons (Fsp3) is 0.750. The van der Waals surface area contributed by atoms with Gasteiger partial charge in [0, 0.05) is 25.0 Å². The van der Waals surface area contributed by atoms with E-state index in [4.69, 9.17) is 0 Å². The lowest BCUT2D eigenvalue weighted by molar-refractivity contribution is 0.0298. The second-order valence-corrected chi connectivity index (χ2v) is 4.44. The first-order chi connectivity index (χ1) is 7.59. The van der Waals surface area contributed by atoms with E-state index in [2.05, 4.69) is 17.3 Å². The number of aliphatic hydroxyl groups is 1. The normalized spacial score (nSPS) is 14.0. The van der Waals surface area contributed by atoms with Gasteiger partial charge in [0.25, 0.3) is 0 Å². The molecule has 16 heavy (non-hydrogen) atoms. The lowest BCUT2D eigenvalue weighted by Crippen LogP contribution is -2.44. The molecule has 0 spiro atoms. The highest BCUT2D eigenvalue weighted by Gasteiger charge is 2.22. The quantitative estimate of drug-likeness (QED) is 0.737. The molecule has 0 amide bonds. The van der Waals surface area contributed by atoms with Gasteiger partial charge < -0.3 is 10.4 Å². The lowest BCUT2D eigenvalue weighted by atomic mass is 9.97. The molecule has 4 heteroatoms. The van der Waals surface area contributed by atoms with Gasteiger partial charge in [-0.2, -0.15) is 5.10 Å². The minimum atomic E-state index is -0.571. The van der Waals surface area contributed by atoms with Crippen LogP contribution in [0.2, 0.25) is 0 Å². The van der Waals surface area contributed by atoms with Crippen LogP contribution in [-0.2, 0) is 6.54 Å². The molecule has 0 saturated carbocycles. The van der Waals surface area contributed by atoms with Gasteiger partial charge in [-0.15, -0.1) is 0 Å². The van der Waals surface area contributed by atoms with Crippen LogP contribution in [0.25, 0.3) is 0 Å². The second kappa shape index (κ2) is 6.01. The number of rotatable bonds is 7. The lowest BCUT2D eigenvalue weighted by Gasteiger charge is -2.27. The first kappa shape index (κ1) is 13.2. The van der Waals surface area contributed by atoms with E-state index in [0.29, 0.717) is 12.6 Å². The largest absolute Gasteiger partial charge is 0.389 e. The average molecular weight is 225 g/mol. The summed E-state index contributed by atoms with van der Waals surface area (Å²) in [5.74, 6) is 0.